The van der Waals surface area contributed by atoms with E-state index < -0.39 is 5.25 Å². The van der Waals surface area contributed by atoms with Gasteiger partial charge in [0.15, 0.2) is 16.7 Å². The smallest absolute Gasteiger partial charge is 0.344 e. The summed E-state index contributed by atoms with van der Waals surface area (Å²) in [6, 6.07) is 0. The van der Waals surface area contributed by atoms with Crippen molar-refractivity contribution in [3.8, 4) is 0 Å². The number of nitrogens with one attached hydrogen (secondary N) is 2. The summed E-state index contributed by atoms with van der Waals surface area (Å²) in [5.41, 5.74) is 2.04. The van der Waals surface area contributed by atoms with Crippen LogP contribution in [0.4, 0.5) is 0 Å². The molecular weight excluding hydrogens is 368 g/mol. The molecule has 0 spiro atoms. The van der Waals surface area contributed by atoms with Crippen molar-refractivity contribution < 1.29 is 14.3 Å². The highest BCUT2D eigenvalue weighted by molar-refractivity contribution is 8.00. The average Bonchev–Trinajstić information content (AvgIpc) is 3.30. The quantitative estimate of drug-likeness (QED) is 0.552. The topological polar surface area (TPSA) is 110 Å². The highest BCUT2D eigenvalue weighted by Gasteiger charge is 2.27. The maximum absolute atomic E-state index is 12.9. The number of thioether (sulfide) groups is 1. The van der Waals surface area contributed by atoms with Crippen LogP contribution >= 0.6 is 11.8 Å². The Labute approximate surface area is 161 Å². The zero-order valence-corrected chi connectivity index (χ0v) is 16.7. The number of nitrogens with zero attached hydrogens (tertiary/aromatic N) is 2. The summed E-state index contributed by atoms with van der Waals surface area (Å²) in [6.07, 6.45) is 1.89. The predicted octanol–water partition coefficient (Wildman–Crippen LogP) is 2.26. The molecule has 1 saturated heterocycles. The minimum Gasteiger partial charge on any atom is -0.376 e. The molecule has 2 atom stereocenters. The number of H-pyrrole nitrogens is 2. The van der Waals surface area contributed by atoms with Gasteiger partial charge < -0.3 is 9.72 Å². The summed E-state index contributed by atoms with van der Waals surface area (Å²) in [6.45, 7) is 7.94. The lowest BCUT2D eigenvalue weighted by atomic mass is 10.0. The Morgan fingerprint density at radius 3 is 2.74 bits per heavy atom. The molecule has 9 heteroatoms. The van der Waals surface area contributed by atoms with Gasteiger partial charge in [-0.2, -0.15) is 0 Å². The molecule has 0 aromatic carbocycles. The van der Waals surface area contributed by atoms with Gasteiger partial charge in [0, 0.05) is 17.9 Å². The predicted molar refractivity (Wildman–Crippen MR) is 102 cm³/mol. The fourth-order valence-electron chi connectivity index (χ4n) is 3.49. The van der Waals surface area contributed by atoms with E-state index in [9.17, 15) is 14.4 Å². The fourth-order valence-corrected chi connectivity index (χ4v) is 4.41. The van der Waals surface area contributed by atoms with Crippen LogP contribution in [0.3, 0.4) is 0 Å². The van der Waals surface area contributed by atoms with Crippen LogP contribution in [-0.4, -0.2) is 49.3 Å². The van der Waals surface area contributed by atoms with E-state index in [2.05, 4.69) is 15.2 Å². The van der Waals surface area contributed by atoms with Gasteiger partial charge in [-0.05, 0) is 46.1 Å². The second-order valence-corrected chi connectivity index (χ2v) is 8.17. The Hall–Kier alpha value is -2.13. The van der Waals surface area contributed by atoms with E-state index in [4.69, 9.17) is 4.74 Å². The second-order valence-electron chi connectivity index (χ2n) is 6.86. The first-order valence-electron chi connectivity index (χ1n) is 8.97. The van der Waals surface area contributed by atoms with Crippen LogP contribution in [0.5, 0.6) is 0 Å². The van der Waals surface area contributed by atoms with Crippen LogP contribution in [0, 0.1) is 13.8 Å². The molecule has 0 radical (unpaired) electrons. The van der Waals surface area contributed by atoms with E-state index in [-0.39, 0.29) is 23.4 Å². The number of rotatable bonds is 7. The molecule has 0 amide bonds. The van der Waals surface area contributed by atoms with Gasteiger partial charge in [0.2, 0.25) is 0 Å². The van der Waals surface area contributed by atoms with Gasteiger partial charge in [0.25, 0.3) is 0 Å². The van der Waals surface area contributed by atoms with Crippen LogP contribution in [-0.2, 0) is 11.3 Å². The lowest BCUT2D eigenvalue weighted by Crippen LogP contribution is -2.25. The monoisotopic (exact) mass is 392 g/mol. The molecular formula is C18H24N4O4S. The summed E-state index contributed by atoms with van der Waals surface area (Å²) < 4.78 is 7.12. The van der Waals surface area contributed by atoms with E-state index in [0.29, 0.717) is 40.8 Å². The van der Waals surface area contributed by atoms with Crippen molar-refractivity contribution in [1.29, 1.82) is 0 Å². The van der Waals surface area contributed by atoms with Gasteiger partial charge in [0.1, 0.15) is 0 Å². The van der Waals surface area contributed by atoms with E-state index >= 15 is 0 Å². The molecule has 0 saturated carbocycles. The first-order chi connectivity index (χ1) is 12.8. The summed E-state index contributed by atoms with van der Waals surface area (Å²) in [4.78, 5) is 39.8. The Kier molecular flexibility index (Phi) is 5.71. The third-order valence-electron chi connectivity index (χ3n) is 4.82. The maximum Gasteiger partial charge on any atom is 0.344 e. The first kappa shape index (κ1) is 19.6. The summed E-state index contributed by atoms with van der Waals surface area (Å²) in [7, 11) is 0. The zero-order chi connectivity index (χ0) is 19.7. The number of carbonyl (C=O) groups excluding carboxylic acids is 2. The standard InChI is InChI=1S/C18H24N4O4S/c1-9-14(11(3)23)10(2)19-15(9)16(24)12(4)27-18-21-20-17(25)22(18)8-13-6-5-7-26-13/h12-13,19H,5-8H2,1-4H3,(H,20,25)/t12-,13-/m1/s1. The minimum absolute atomic E-state index is 0.00270. The third kappa shape index (κ3) is 3.93. The summed E-state index contributed by atoms with van der Waals surface area (Å²) in [5, 5.41) is 6.51. The molecule has 2 aromatic rings. The molecule has 2 N–H and O–H groups in total. The van der Waals surface area contributed by atoms with Crippen LogP contribution in [0.1, 0.15) is 58.8 Å². The molecule has 0 aliphatic carbocycles. The number of Topliss-reactive ketones (excluding diaryl/α,β-unsaturated/α-hetero) is 2. The lowest BCUT2D eigenvalue weighted by molar-refractivity contribution is 0.0941. The highest BCUT2D eigenvalue weighted by atomic mass is 32.2. The molecule has 0 unspecified atom stereocenters. The number of hydrogen-bond acceptors (Lipinski definition) is 6. The Morgan fingerprint density at radius 1 is 1.41 bits per heavy atom. The molecule has 27 heavy (non-hydrogen) atoms. The maximum atomic E-state index is 12.9. The molecule has 146 valence electrons. The van der Waals surface area contributed by atoms with E-state index in [0.717, 1.165) is 12.8 Å². The Bertz CT molecular complexity index is 920. The fraction of sp³-hybridized carbons (Fsp3) is 0.556. The Morgan fingerprint density at radius 2 is 2.15 bits per heavy atom. The molecule has 1 aliphatic rings. The molecule has 0 bridgehead atoms. The van der Waals surface area contributed by atoms with Crippen LogP contribution in [0.2, 0.25) is 0 Å². The van der Waals surface area contributed by atoms with Gasteiger partial charge in [-0.3, -0.25) is 14.2 Å². The SMILES string of the molecule is CC(=O)c1c(C)[nH]c(C(=O)[C@@H](C)Sc2n[nH]c(=O)n2C[C@H]2CCCO2)c1C. The molecule has 1 fully saturated rings. The number of aryl methyl sites for hydroxylation is 1. The van der Waals surface area contributed by atoms with Crippen LogP contribution < -0.4 is 5.69 Å². The second kappa shape index (κ2) is 7.85. The van der Waals surface area contributed by atoms with E-state index in [1.54, 1.807) is 20.8 Å². The van der Waals surface area contributed by atoms with Gasteiger partial charge in [0.05, 0.1) is 23.6 Å². The number of ether oxygens (including phenoxy) is 1. The number of aromatic nitrogens is 4. The molecule has 3 heterocycles. The molecule has 8 nitrogen and oxygen atoms in total. The van der Waals surface area contributed by atoms with E-state index in [1.165, 1.54) is 23.3 Å². The minimum atomic E-state index is -0.472. The zero-order valence-electron chi connectivity index (χ0n) is 15.9. The van der Waals surface area contributed by atoms with Crippen molar-refractivity contribution in [2.75, 3.05) is 6.61 Å². The van der Waals surface area contributed by atoms with Gasteiger partial charge >= 0.3 is 5.69 Å². The number of aromatic amines is 2. The van der Waals surface area contributed by atoms with Crippen molar-refractivity contribution >= 4 is 23.3 Å². The third-order valence-corrected chi connectivity index (χ3v) is 5.91. The van der Waals surface area contributed by atoms with Gasteiger partial charge in [-0.15, -0.1) is 5.10 Å². The number of carbonyl (C=O) groups is 2. The van der Waals surface area contributed by atoms with Crippen LogP contribution in [0.25, 0.3) is 0 Å². The van der Waals surface area contributed by atoms with Crippen molar-refractivity contribution in [3.05, 3.63) is 33.0 Å². The van der Waals surface area contributed by atoms with Crippen molar-refractivity contribution in [2.45, 2.75) is 63.6 Å². The number of hydrogen-bond donors (Lipinski definition) is 2. The number of ketones is 2. The van der Waals surface area contributed by atoms with Gasteiger partial charge in [-0.25, -0.2) is 9.89 Å². The van der Waals surface area contributed by atoms with Crippen LogP contribution in [0.15, 0.2) is 9.95 Å². The average molecular weight is 392 g/mol. The van der Waals surface area contributed by atoms with Crippen molar-refractivity contribution in [1.82, 2.24) is 19.7 Å². The first-order valence-corrected chi connectivity index (χ1v) is 9.85. The molecule has 2 aromatic heterocycles. The molecule has 1 aliphatic heterocycles. The summed E-state index contributed by atoms with van der Waals surface area (Å²) in [5.74, 6) is -0.203. The normalized spacial score (nSPS) is 18.0. The largest absolute Gasteiger partial charge is 0.376 e. The van der Waals surface area contributed by atoms with Gasteiger partial charge in [-0.1, -0.05) is 11.8 Å². The van der Waals surface area contributed by atoms with Crippen molar-refractivity contribution in [2.24, 2.45) is 0 Å². The highest BCUT2D eigenvalue weighted by Crippen LogP contribution is 2.27. The molecule has 3 rings (SSSR count). The van der Waals surface area contributed by atoms with Crippen molar-refractivity contribution in [3.63, 3.8) is 0 Å². The summed E-state index contributed by atoms with van der Waals surface area (Å²) >= 11 is 1.22. The van der Waals surface area contributed by atoms with E-state index in [1.807, 2.05) is 0 Å². The Balaban J connectivity index is 1.79. The lowest BCUT2D eigenvalue weighted by Gasteiger charge is -2.13.